The van der Waals surface area contributed by atoms with Crippen LogP contribution < -0.4 is 5.73 Å². The Morgan fingerprint density at radius 1 is 1.50 bits per heavy atom. The molecule has 0 aliphatic carbocycles. The van der Waals surface area contributed by atoms with Crippen molar-refractivity contribution in [2.24, 2.45) is 5.73 Å². The van der Waals surface area contributed by atoms with Crippen LogP contribution in [0.25, 0.3) is 11.0 Å². The molecule has 1 aromatic heterocycles. The van der Waals surface area contributed by atoms with Crippen LogP contribution in [0.15, 0.2) is 22.9 Å². The Bertz CT molecular complexity index is 408. The van der Waals surface area contributed by atoms with Crippen LogP contribution in [0.1, 0.15) is 5.56 Å². The number of nitrogens with zero attached hydrogens (tertiary/aromatic N) is 1. The van der Waals surface area contributed by atoms with Gasteiger partial charge in [0.05, 0.1) is 11.0 Å². The molecule has 0 fully saturated rings. The minimum atomic E-state index is 0.562. The lowest BCUT2D eigenvalue weighted by molar-refractivity contribution is 1.07. The van der Waals surface area contributed by atoms with Crippen molar-refractivity contribution in [3.05, 3.63) is 28.5 Å². The van der Waals surface area contributed by atoms with Gasteiger partial charge in [-0.15, -0.1) is 0 Å². The van der Waals surface area contributed by atoms with E-state index in [1.165, 1.54) is 0 Å². The summed E-state index contributed by atoms with van der Waals surface area (Å²) in [6, 6.07) is 5.95. The molecular formula is C8H8BrN3. The zero-order chi connectivity index (χ0) is 8.55. The van der Waals surface area contributed by atoms with Crippen LogP contribution in [0.2, 0.25) is 0 Å². The fraction of sp³-hybridized carbons (Fsp3) is 0.125. The molecule has 0 atom stereocenters. The Morgan fingerprint density at radius 2 is 2.33 bits per heavy atom. The molecule has 0 spiro atoms. The molecule has 3 N–H and O–H groups in total. The number of aromatic nitrogens is 2. The topological polar surface area (TPSA) is 54.7 Å². The number of imidazole rings is 1. The quantitative estimate of drug-likeness (QED) is 0.778. The normalized spacial score (nSPS) is 10.8. The molecule has 0 bridgehead atoms. The number of H-pyrrole nitrogens is 1. The van der Waals surface area contributed by atoms with Gasteiger partial charge in [-0.1, -0.05) is 6.07 Å². The summed E-state index contributed by atoms with van der Waals surface area (Å²) in [4.78, 5) is 7.29. The minimum Gasteiger partial charge on any atom is -0.332 e. The van der Waals surface area contributed by atoms with Crippen molar-refractivity contribution in [1.29, 1.82) is 0 Å². The molecule has 0 aliphatic rings. The lowest BCUT2D eigenvalue weighted by Gasteiger charge is -1.93. The first-order valence-electron chi connectivity index (χ1n) is 3.64. The number of fused-ring (bicyclic) bond motifs is 1. The second kappa shape index (κ2) is 2.88. The van der Waals surface area contributed by atoms with Gasteiger partial charge >= 0.3 is 0 Å². The van der Waals surface area contributed by atoms with Crippen LogP contribution >= 0.6 is 15.9 Å². The predicted molar refractivity (Wildman–Crippen MR) is 51.7 cm³/mol. The van der Waals surface area contributed by atoms with E-state index in [-0.39, 0.29) is 0 Å². The third-order valence-electron chi connectivity index (χ3n) is 1.75. The standard InChI is InChI=1S/C8H8BrN3/c9-8-11-6-2-1-5(4-10)3-7(6)12-8/h1-3H,4,10H2,(H,11,12). The Kier molecular flexibility index (Phi) is 1.86. The zero-order valence-electron chi connectivity index (χ0n) is 6.34. The number of halogens is 1. The predicted octanol–water partition coefficient (Wildman–Crippen LogP) is 1.78. The van der Waals surface area contributed by atoms with Crippen LogP contribution in [0.3, 0.4) is 0 Å². The summed E-state index contributed by atoms with van der Waals surface area (Å²) in [5.41, 5.74) is 8.59. The van der Waals surface area contributed by atoms with Crippen molar-refractivity contribution in [2.45, 2.75) is 6.54 Å². The number of rotatable bonds is 1. The number of benzene rings is 1. The molecule has 2 rings (SSSR count). The Labute approximate surface area is 78.1 Å². The largest absolute Gasteiger partial charge is 0.332 e. The zero-order valence-corrected chi connectivity index (χ0v) is 7.93. The molecule has 0 unspecified atom stereocenters. The van der Waals surface area contributed by atoms with Crippen LogP contribution in [-0.4, -0.2) is 9.97 Å². The maximum atomic E-state index is 5.50. The van der Waals surface area contributed by atoms with Gasteiger partial charge in [0.1, 0.15) is 0 Å². The van der Waals surface area contributed by atoms with Gasteiger partial charge in [0.15, 0.2) is 4.73 Å². The molecule has 0 aliphatic heterocycles. The van der Waals surface area contributed by atoms with Crippen LogP contribution in [0.4, 0.5) is 0 Å². The molecule has 62 valence electrons. The van der Waals surface area contributed by atoms with Gasteiger partial charge in [-0.3, -0.25) is 0 Å². The van der Waals surface area contributed by atoms with Crippen molar-refractivity contribution in [3.8, 4) is 0 Å². The molecule has 0 radical (unpaired) electrons. The SMILES string of the molecule is NCc1ccc2nc(Br)[nH]c2c1. The number of hydrogen-bond donors (Lipinski definition) is 2. The number of nitrogens with one attached hydrogen (secondary N) is 1. The maximum absolute atomic E-state index is 5.50. The molecule has 0 saturated heterocycles. The second-order valence-corrected chi connectivity index (χ2v) is 3.33. The first-order chi connectivity index (χ1) is 5.79. The van der Waals surface area contributed by atoms with E-state index in [1.54, 1.807) is 0 Å². The van der Waals surface area contributed by atoms with Crippen LogP contribution in [-0.2, 0) is 6.54 Å². The Hall–Kier alpha value is -0.870. The summed E-state index contributed by atoms with van der Waals surface area (Å²) >= 11 is 3.27. The van der Waals surface area contributed by atoms with Gasteiger partial charge in [0.2, 0.25) is 0 Å². The van der Waals surface area contributed by atoms with Gasteiger partial charge in [0.25, 0.3) is 0 Å². The highest BCUT2D eigenvalue weighted by Gasteiger charge is 1.99. The lowest BCUT2D eigenvalue weighted by Crippen LogP contribution is -1.95. The number of aromatic amines is 1. The minimum absolute atomic E-state index is 0.562. The van der Waals surface area contributed by atoms with E-state index in [0.717, 1.165) is 21.3 Å². The van der Waals surface area contributed by atoms with Gasteiger partial charge in [-0.2, -0.15) is 0 Å². The molecule has 1 heterocycles. The summed E-state index contributed by atoms with van der Waals surface area (Å²) in [6.07, 6.45) is 0. The molecule has 2 aromatic rings. The van der Waals surface area contributed by atoms with E-state index >= 15 is 0 Å². The van der Waals surface area contributed by atoms with E-state index < -0.39 is 0 Å². The molecular weight excluding hydrogens is 218 g/mol. The first kappa shape index (κ1) is 7.76. The Balaban J connectivity index is 2.66. The smallest absolute Gasteiger partial charge is 0.175 e. The summed E-state index contributed by atoms with van der Waals surface area (Å²) < 4.78 is 0.756. The highest BCUT2D eigenvalue weighted by Crippen LogP contribution is 2.15. The van der Waals surface area contributed by atoms with Crippen LogP contribution in [0.5, 0.6) is 0 Å². The molecule has 3 nitrogen and oxygen atoms in total. The van der Waals surface area contributed by atoms with E-state index in [4.69, 9.17) is 5.73 Å². The van der Waals surface area contributed by atoms with Crippen molar-refractivity contribution >= 4 is 27.0 Å². The number of hydrogen-bond acceptors (Lipinski definition) is 2. The van der Waals surface area contributed by atoms with E-state index in [1.807, 2.05) is 18.2 Å². The molecule has 0 amide bonds. The summed E-state index contributed by atoms with van der Waals surface area (Å²) in [5.74, 6) is 0. The monoisotopic (exact) mass is 225 g/mol. The van der Waals surface area contributed by atoms with Gasteiger partial charge in [-0.05, 0) is 33.6 Å². The molecule has 4 heteroatoms. The van der Waals surface area contributed by atoms with Gasteiger partial charge in [0, 0.05) is 6.54 Å². The average molecular weight is 226 g/mol. The van der Waals surface area contributed by atoms with Crippen molar-refractivity contribution in [1.82, 2.24) is 9.97 Å². The summed E-state index contributed by atoms with van der Waals surface area (Å²) in [7, 11) is 0. The van der Waals surface area contributed by atoms with Crippen molar-refractivity contribution < 1.29 is 0 Å². The third-order valence-corrected chi connectivity index (χ3v) is 2.13. The van der Waals surface area contributed by atoms with Gasteiger partial charge < -0.3 is 10.7 Å². The molecule has 1 aromatic carbocycles. The average Bonchev–Trinajstić information content (AvgIpc) is 2.43. The van der Waals surface area contributed by atoms with Crippen LogP contribution in [0, 0.1) is 0 Å². The van der Waals surface area contributed by atoms with E-state index in [0.29, 0.717) is 6.54 Å². The third kappa shape index (κ3) is 1.23. The van der Waals surface area contributed by atoms with E-state index in [2.05, 4.69) is 25.9 Å². The number of nitrogens with two attached hydrogens (primary N) is 1. The fourth-order valence-corrected chi connectivity index (χ4v) is 1.56. The fourth-order valence-electron chi connectivity index (χ4n) is 1.15. The van der Waals surface area contributed by atoms with E-state index in [9.17, 15) is 0 Å². The first-order valence-corrected chi connectivity index (χ1v) is 4.43. The highest BCUT2D eigenvalue weighted by molar-refractivity contribution is 9.10. The molecule has 12 heavy (non-hydrogen) atoms. The maximum Gasteiger partial charge on any atom is 0.175 e. The Morgan fingerprint density at radius 3 is 3.08 bits per heavy atom. The van der Waals surface area contributed by atoms with Crippen molar-refractivity contribution in [3.63, 3.8) is 0 Å². The summed E-state index contributed by atoms with van der Waals surface area (Å²) in [6.45, 7) is 0.562. The summed E-state index contributed by atoms with van der Waals surface area (Å²) in [5, 5.41) is 0. The highest BCUT2D eigenvalue weighted by atomic mass is 79.9. The second-order valence-electron chi connectivity index (χ2n) is 2.58. The molecule has 0 saturated carbocycles. The lowest BCUT2D eigenvalue weighted by atomic mass is 10.2. The van der Waals surface area contributed by atoms with Crippen molar-refractivity contribution in [2.75, 3.05) is 0 Å². The van der Waals surface area contributed by atoms with Gasteiger partial charge in [-0.25, -0.2) is 4.98 Å².